The van der Waals surface area contributed by atoms with Crippen molar-refractivity contribution in [2.75, 3.05) is 32.1 Å². The minimum Gasteiger partial charge on any atom is -0.490 e. The molecule has 3 aromatic rings. The normalized spacial score (nSPS) is 10.4. The fourth-order valence-corrected chi connectivity index (χ4v) is 3.01. The van der Waals surface area contributed by atoms with E-state index in [2.05, 4.69) is 15.5 Å². The van der Waals surface area contributed by atoms with Crippen molar-refractivity contribution in [3.63, 3.8) is 0 Å². The monoisotopic (exact) mass is 422 g/mol. The molecule has 1 heterocycles. The van der Waals surface area contributed by atoms with E-state index in [1.54, 1.807) is 31.3 Å². The zero-order chi connectivity index (χ0) is 22.2. The number of carbonyl (C=O) groups excluding carboxylic acids is 2. The fraction of sp³-hybridized carbons (Fsp3) is 0.261. The Hall–Kier alpha value is -3.81. The first-order chi connectivity index (χ1) is 15.0. The van der Waals surface area contributed by atoms with Crippen LogP contribution in [-0.4, -0.2) is 53.7 Å². The van der Waals surface area contributed by atoms with Crippen LogP contribution in [0.4, 0.5) is 5.69 Å². The standard InChI is InChI=1S/C23H26N4O4/c1-4-30-20-12-11-17(13-21(20)31-5-2)24-22(28)15-27(3)23(29)19-14-18(25-26-19)16-9-7-6-8-10-16/h6-14H,4-5,15H2,1-3H3,(H,24,28)(H,25,26). The van der Waals surface area contributed by atoms with Crippen LogP contribution < -0.4 is 14.8 Å². The van der Waals surface area contributed by atoms with Crippen molar-refractivity contribution >= 4 is 17.5 Å². The van der Waals surface area contributed by atoms with E-state index in [0.717, 1.165) is 5.56 Å². The number of benzene rings is 2. The predicted molar refractivity (Wildman–Crippen MR) is 118 cm³/mol. The lowest BCUT2D eigenvalue weighted by molar-refractivity contribution is -0.116. The Morgan fingerprint density at radius 2 is 1.71 bits per heavy atom. The van der Waals surface area contributed by atoms with Crippen LogP contribution in [0.5, 0.6) is 11.5 Å². The molecule has 2 aromatic carbocycles. The molecule has 162 valence electrons. The van der Waals surface area contributed by atoms with Crippen molar-refractivity contribution in [2.45, 2.75) is 13.8 Å². The average molecular weight is 422 g/mol. The Morgan fingerprint density at radius 3 is 2.42 bits per heavy atom. The lowest BCUT2D eigenvalue weighted by Crippen LogP contribution is -2.35. The van der Waals surface area contributed by atoms with Gasteiger partial charge in [-0.3, -0.25) is 14.7 Å². The Balaban J connectivity index is 1.62. The van der Waals surface area contributed by atoms with E-state index in [4.69, 9.17) is 9.47 Å². The van der Waals surface area contributed by atoms with Crippen LogP contribution in [0.3, 0.4) is 0 Å². The van der Waals surface area contributed by atoms with E-state index >= 15 is 0 Å². The van der Waals surface area contributed by atoms with Crippen molar-refractivity contribution in [1.82, 2.24) is 15.1 Å². The van der Waals surface area contributed by atoms with Gasteiger partial charge in [0.05, 0.1) is 25.5 Å². The first kappa shape index (κ1) is 21.9. The number of hydrogen-bond donors (Lipinski definition) is 2. The third kappa shape index (κ3) is 5.63. The quantitative estimate of drug-likeness (QED) is 0.549. The van der Waals surface area contributed by atoms with Gasteiger partial charge in [-0.15, -0.1) is 0 Å². The van der Waals surface area contributed by atoms with E-state index in [-0.39, 0.29) is 18.4 Å². The van der Waals surface area contributed by atoms with Crippen LogP contribution in [-0.2, 0) is 4.79 Å². The van der Waals surface area contributed by atoms with E-state index in [0.29, 0.717) is 41.8 Å². The second-order valence-corrected chi connectivity index (χ2v) is 6.77. The minimum atomic E-state index is -0.328. The summed E-state index contributed by atoms with van der Waals surface area (Å²) in [6.07, 6.45) is 0. The molecule has 2 N–H and O–H groups in total. The lowest BCUT2D eigenvalue weighted by atomic mass is 10.1. The first-order valence-electron chi connectivity index (χ1n) is 10.1. The van der Waals surface area contributed by atoms with Gasteiger partial charge in [-0.25, -0.2) is 0 Å². The predicted octanol–water partition coefficient (Wildman–Crippen LogP) is 3.58. The Bertz CT molecular complexity index is 1030. The maximum absolute atomic E-state index is 12.7. The van der Waals surface area contributed by atoms with Crippen LogP contribution in [0.25, 0.3) is 11.3 Å². The molecule has 0 saturated heterocycles. The highest BCUT2D eigenvalue weighted by Gasteiger charge is 2.18. The molecule has 0 radical (unpaired) electrons. The summed E-state index contributed by atoms with van der Waals surface area (Å²) in [7, 11) is 1.56. The number of H-pyrrole nitrogens is 1. The molecule has 8 heteroatoms. The Kier molecular flexibility index (Phi) is 7.26. The molecule has 0 aliphatic carbocycles. The summed E-state index contributed by atoms with van der Waals surface area (Å²) in [5.41, 5.74) is 2.44. The number of carbonyl (C=O) groups is 2. The van der Waals surface area contributed by atoms with Gasteiger partial charge in [0.2, 0.25) is 5.91 Å². The van der Waals surface area contributed by atoms with E-state index < -0.39 is 0 Å². The van der Waals surface area contributed by atoms with E-state index in [1.165, 1.54) is 4.90 Å². The summed E-state index contributed by atoms with van der Waals surface area (Å²) < 4.78 is 11.1. The largest absolute Gasteiger partial charge is 0.490 e. The van der Waals surface area contributed by atoms with Crippen molar-refractivity contribution in [3.8, 4) is 22.8 Å². The molecule has 0 saturated carbocycles. The van der Waals surface area contributed by atoms with Gasteiger partial charge in [0.15, 0.2) is 11.5 Å². The van der Waals surface area contributed by atoms with Gasteiger partial charge in [-0.2, -0.15) is 5.10 Å². The lowest BCUT2D eigenvalue weighted by Gasteiger charge is -2.17. The van der Waals surface area contributed by atoms with Crippen LogP contribution in [0, 0.1) is 0 Å². The number of anilines is 1. The molecule has 2 amide bonds. The van der Waals surface area contributed by atoms with Gasteiger partial charge in [-0.05, 0) is 32.0 Å². The number of likely N-dealkylation sites (N-methyl/N-ethyl adjacent to an activating group) is 1. The highest BCUT2D eigenvalue weighted by Crippen LogP contribution is 2.30. The summed E-state index contributed by atoms with van der Waals surface area (Å²) in [5, 5.41) is 9.72. The molecule has 0 bridgehead atoms. The topological polar surface area (TPSA) is 96.5 Å². The smallest absolute Gasteiger partial charge is 0.272 e. The molecule has 0 aliphatic rings. The van der Waals surface area contributed by atoms with Gasteiger partial charge < -0.3 is 19.7 Å². The van der Waals surface area contributed by atoms with Gasteiger partial charge >= 0.3 is 0 Å². The molecule has 0 fully saturated rings. The maximum atomic E-state index is 12.7. The number of nitrogens with zero attached hydrogens (tertiary/aromatic N) is 2. The second kappa shape index (κ2) is 10.3. The number of rotatable bonds is 9. The van der Waals surface area contributed by atoms with E-state index in [1.807, 2.05) is 44.2 Å². The molecule has 0 aliphatic heterocycles. The molecular weight excluding hydrogens is 396 g/mol. The molecular formula is C23H26N4O4. The third-order valence-electron chi connectivity index (χ3n) is 4.43. The number of amides is 2. The number of aromatic amines is 1. The summed E-state index contributed by atoms with van der Waals surface area (Å²) in [6.45, 7) is 4.64. The number of aromatic nitrogens is 2. The van der Waals surface area contributed by atoms with Crippen molar-refractivity contribution in [1.29, 1.82) is 0 Å². The molecule has 8 nitrogen and oxygen atoms in total. The van der Waals surface area contributed by atoms with Crippen LogP contribution >= 0.6 is 0 Å². The highest BCUT2D eigenvalue weighted by atomic mass is 16.5. The SMILES string of the molecule is CCOc1ccc(NC(=O)CN(C)C(=O)c2cc(-c3ccccc3)n[nH]2)cc1OCC. The molecule has 3 rings (SSSR count). The van der Waals surface area contributed by atoms with Gasteiger partial charge in [0.1, 0.15) is 5.69 Å². The highest BCUT2D eigenvalue weighted by molar-refractivity contribution is 5.98. The van der Waals surface area contributed by atoms with Crippen LogP contribution in [0.1, 0.15) is 24.3 Å². The third-order valence-corrected chi connectivity index (χ3v) is 4.43. The summed E-state index contributed by atoms with van der Waals surface area (Å²) in [5.74, 6) is 0.511. The van der Waals surface area contributed by atoms with E-state index in [9.17, 15) is 9.59 Å². The number of nitrogens with one attached hydrogen (secondary N) is 2. The maximum Gasteiger partial charge on any atom is 0.272 e. The average Bonchev–Trinajstić information content (AvgIpc) is 3.26. The fourth-order valence-electron chi connectivity index (χ4n) is 3.01. The summed E-state index contributed by atoms with van der Waals surface area (Å²) in [4.78, 5) is 26.5. The molecule has 0 spiro atoms. The Morgan fingerprint density at radius 1 is 1.00 bits per heavy atom. The molecule has 0 atom stereocenters. The Labute approximate surface area is 181 Å². The van der Waals surface area contributed by atoms with Crippen molar-refractivity contribution in [2.24, 2.45) is 0 Å². The number of hydrogen-bond acceptors (Lipinski definition) is 5. The summed E-state index contributed by atoms with van der Waals surface area (Å²) in [6, 6.07) is 16.4. The van der Waals surface area contributed by atoms with Crippen molar-refractivity contribution < 1.29 is 19.1 Å². The zero-order valence-corrected chi connectivity index (χ0v) is 17.8. The molecule has 1 aromatic heterocycles. The van der Waals surface area contributed by atoms with Gasteiger partial charge in [0.25, 0.3) is 5.91 Å². The van der Waals surface area contributed by atoms with Crippen LogP contribution in [0.15, 0.2) is 54.6 Å². The van der Waals surface area contributed by atoms with Crippen LogP contribution in [0.2, 0.25) is 0 Å². The zero-order valence-electron chi connectivity index (χ0n) is 17.8. The van der Waals surface area contributed by atoms with Crippen molar-refractivity contribution in [3.05, 3.63) is 60.3 Å². The first-order valence-corrected chi connectivity index (χ1v) is 10.1. The molecule has 31 heavy (non-hydrogen) atoms. The van der Waals surface area contributed by atoms with Gasteiger partial charge in [-0.1, -0.05) is 30.3 Å². The number of ether oxygens (including phenoxy) is 2. The second-order valence-electron chi connectivity index (χ2n) is 6.77. The van der Waals surface area contributed by atoms with Gasteiger partial charge in [0, 0.05) is 24.4 Å². The minimum absolute atomic E-state index is 0.115. The summed E-state index contributed by atoms with van der Waals surface area (Å²) >= 11 is 0. The molecule has 0 unspecified atom stereocenters.